The van der Waals surface area contributed by atoms with Crippen molar-refractivity contribution < 1.29 is 9.59 Å². The first kappa shape index (κ1) is 24.3. The SMILES string of the molecule is Cc1ccc(NC(=O)Nc2ncc(Sc3nnnn3CCN(C)C)s2)c(C(=O)C2CCCC2)c1. The van der Waals surface area contributed by atoms with Crippen molar-refractivity contribution in [1.29, 1.82) is 0 Å². The van der Waals surface area contributed by atoms with Gasteiger partial charge in [0.15, 0.2) is 10.9 Å². The fourth-order valence-corrected chi connectivity index (χ4v) is 5.56. The molecule has 34 heavy (non-hydrogen) atoms. The lowest BCUT2D eigenvalue weighted by Gasteiger charge is -2.14. The second-order valence-corrected chi connectivity index (χ2v) is 10.8. The highest BCUT2D eigenvalue weighted by Crippen LogP contribution is 2.33. The molecule has 0 bridgehead atoms. The summed E-state index contributed by atoms with van der Waals surface area (Å²) in [6.07, 6.45) is 5.67. The molecule has 0 atom stereocenters. The smallest absolute Gasteiger partial charge is 0.308 e. The number of amides is 2. The Morgan fingerprint density at radius 2 is 2.03 bits per heavy atom. The molecule has 1 aromatic carbocycles. The second kappa shape index (κ2) is 11.1. The van der Waals surface area contributed by atoms with Gasteiger partial charge in [-0.1, -0.05) is 35.8 Å². The number of aryl methyl sites for hydroxylation is 1. The second-order valence-electron chi connectivity index (χ2n) is 8.55. The fourth-order valence-electron chi connectivity index (χ4n) is 3.79. The van der Waals surface area contributed by atoms with Crippen molar-refractivity contribution in [2.24, 2.45) is 5.92 Å². The van der Waals surface area contributed by atoms with Gasteiger partial charge in [0.25, 0.3) is 0 Å². The average molecular weight is 501 g/mol. The lowest BCUT2D eigenvalue weighted by atomic mass is 9.94. The number of tetrazole rings is 1. The van der Waals surface area contributed by atoms with Gasteiger partial charge in [0, 0.05) is 18.0 Å². The maximum atomic E-state index is 13.0. The standard InChI is InChI=1S/C22H28N8O2S2/c1-14-8-9-17(16(12-14)19(31)15-6-4-5-7-15)24-20(32)25-21-23-13-18(33-21)34-22-26-27-28-30(22)11-10-29(2)3/h8-9,12-13,15H,4-7,10-11H2,1-3H3,(H2,23,24,25,32). The molecule has 1 aliphatic carbocycles. The Labute approximate surface area is 206 Å². The molecular weight excluding hydrogens is 472 g/mol. The number of nitrogens with one attached hydrogen (secondary N) is 2. The molecule has 10 nitrogen and oxygen atoms in total. The first-order valence-corrected chi connectivity index (χ1v) is 12.8. The number of hydrogen-bond donors (Lipinski definition) is 2. The van der Waals surface area contributed by atoms with Crippen molar-refractivity contribution in [2.75, 3.05) is 31.3 Å². The Bertz CT molecular complexity index is 1150. The summed E-state index contributed by atoms with van der Waals surface area (Å²) in [5, 5.41) is 18.6. The molecule has 0 aliphatic heterocycles. The number of likely N-dealkylation sites (N-methyl/N-ethyl adjacent to an activating group) is 1. The number of urea groups is 1. The van der Waals surface area contributed by atoms with Crippen LogP contribution in [0.1, 0.15) is 41.6 Å². The Hall–Kier alpha value is -2.83. The fraction of sp³-hybridized carbons (Fsp3) is 0.455. The van der Waals surface area contributed by atoms with Crippen LogP contribution in [0.5, 0.6) is 0 Å². The predicted octanol–water partition coefficient (Wildman–Crippen LogP) is 4.17. The minimum Gasteiger partial charge on any atom is -0.308 e. The Balaban J connectivity index is 1.39. The molecule has 2 amide bonds. The van der Waals surface area contributed by atoms with Crippen LogP contribution < -0.4 is 10.6 Å². The number of aromatic nitrogens is 5. The summed E-state index contributed by atoms with van der Waals surface area (Å²) in [6, 6.07) is 5.09. The number of hydrogen-bond acceptors (Lipinski definition) is 9. The summed E-state index contributed by atoms with van der Waals surface area (Å²) >= 11 is 2.72. The van der Waals surface area contributed by atoms with Crippen LogP contribution in [0.3, 0.4) is 0 Å². The zero-order valence-corrected chi connectivity index (χ0v) is 21.1. The van der Waals surface area contributed by atoms with Gasteiger partial charge in [0.2, 0.25) is 5.16 Å². The van der Waals surface area contributed by atoms with E-state index in [1.165, 1.54) is 23.1 Å². The summed E-state index contributed by atoms with van der Waals surface area (Å²) in [5.74, 6) is 0.148. The minimum atomic E-state index is -0.439. The minimum absolute atomic E-state index is 0.0400. The molecule has 12 heteroatoms. The lowest BCUT2D eigenvalue weighted by Crippen LogP contribution is -2.22. The van der Waals surface area contributed by atoms with E-state index in [-0.39, 0.29) is 11.7 Å². The van der Waals surface area contributed by atoms with E-state index in [9.17, 15) is 9.59 Å². The molecule has 2 N–H and O–H groups in total. The lowest BCUT2D eigenvalue weighted by molar-refractivity contribution is 0.0923. The van der Waals surface area contributed by atoms with Gasteiger partial charge in [0.1, 0.15) is 0 Å². The number of Topliss-reactive ketones (excluding diaryl/α,β-unsaturated/α-hetero) is 1. The summed E-state index contributed by atoms with van der Waals surface area (Å²) < 4.78 is 2.59. The van der Waals surface area contributed by atoms with Crippen LogP contribution in [-0.2, 0) is 6.54 Å². The Morgan fingerprint density at radius 1 is 1.24 bits per heavy atom. The van der Waals surface area contributed by atoms with Crippen LogP contribution >= 0.6 is 23.1 Å². The highest BCUT2D eigenvalue weighted by Gasteiger charge is 2.26. The molecule has 4 rings (SSSR count). The van der Waals surface area contributed by atoms with Crippen molar-refractivity contribution in [2.45, 2.75) is 48.5 Å². The third-order valence-electron chi connectivity index (χ3n) is 5.57. The number of benzene rings is 1. The van der Waals surface area contributed by atoms with Crippen LogP contribution in [0.4, 0.5) is 15.6 Å². The Kier molecular flexibility index (Phi) is 7.91. The number of anilines is 2. The molecule has 2 heterocycles. The zero-order chi connectivity index (χ0) is 24.1. The summed E-state index contributed by atoms with van der Waals surface area (Å²) in [4.78, 5) is 32.0. The predicted molar refractivity (Wildman–Crippen MR) is 133 cm³/mol. The third-order valence-corrected chi connectivity index (χ3v) is 7.56. The molecule has 1 aliphatic rings. The van der Waals surface area contributed by atoms with Crippen molar-refractivity contribution in [3.8, 4) is 0 Å². The molecule has 1 fully saturated rings. The molecule has 0 radical (unpaired) electrons. The van der Waals surface area contributed by atoms with Gasteiger partial charge in [-0.2, -0.15) is 0 Å². The molecule has 180 valence electrons. The maximum Gasteiger partial charge on any atom is 0.325 e. The van der Waals surface area contributed by atoms with Crippen LogP contribution in [0, 0.1) is 12.8 Å². The van der Waals surface area contributed by atoms with E-state index in [4.69, 9.17) is 0 Å². The van der Waals surface area contributed by atoms with Crippen molar-refractivity contribution in [1.82, 2.24) is 30.1 Å². The number of thiazole rings is 1. The van der Waals surface area contributed by atoms with Gasteiger partial charge >= 0.3 is 6.03 Å². The monoisotopic (exact) mass is 500 g/mol. The quantitative estimate of drug-likeness (QED) is 0.420. The van der Waals surface area contributed by atoms with E-state index in [0.717, 1.165) is 42.0 Å². The summed E-state index contributed by atoms with van der Waals surface area (Å²) in [5.41, 5.74) is 2.08. The van der Waals surface area contributed by atoms with Gasteiger partial charge < -0.3 is 10.2 Å². The number of nitrogens with zero attached hydrogens (tertiary/aromatic N) is 6. The van der Waals surface area contributed by atoms with E-state index in [0.29, 0.717) is 28.1 Å². The van der Waals surface area contributed by atoms with Gasteiger partial charge in [0.05, 0.1) is 22.6 Å². The number of rotatable bonds is 9. The molecule has 2 aromatic heterocycles. The van der Waals surface area contributed by atoms with Crippen molar-refractivity contribution in [3.63, 3.8) is 0 Å². The van der Waals surface area contributed by atoms with Gasteiger partial charge in [-0.15, -0.1) is 5.10 Å². The van der Waals surface area contributed by atoms with Crippen LogP contribution in [0.2, 0.25) is 0 Å². The first-order valence-electron chi connectivity index (χ1n) is 11.2. The van der Waals surface area contributed by atoms with Crippen LogP contribution in [0.15, 0.2) is 33.8 Å². The van der Waals surface area contributed by atoms with Gasteiger partial charge in [-0.25, -0.2) is 14.5 Å². The van der Waals surface area contributed by atoms with Crippen LogP contribution in [0.25, 0.3) is 0 Å². The number of carbonyl (C=O) groups excluding carboxylic acids is 2. The van der Waals surface area contributed by atoms with E-state index >= 15 is 0 Å². The Morgan fingerprint density at radius 3 is 2.79 bits per heavy atom. The van der Waals surface area contributed by atoms with Crippen LogP contribution in [-0.4, -0.2) is 62.5 Å². The topological polar surface area (TPSA) is 118 Å². The normalized spacial score (nSPS) is 14.0. The highest BCUT2D eigenvalue weighted by molar-refractivity contribution is 8.01. The van der Waals surface area contributed by atoms with E-state index < -0.39 is 6.03 Å². The third kappa shape index (κ3) is 6.19. The maximum absolute atomic E-state index is 13.0. The van der Waals surface area contributed by atoms with E-state index in [2.05, 4.69) is 36.0 Å². The molecule has 3 aromatic rings. The highest BCUT2D eigenvalue weighted by atomic mass is 32.2. The summed E-state index contributed by atoms with van der Waals surface area (Å²) in [7, 11) is 3.99. The molecule has 0 unspecified atom stereocenters. The van der Waals surface area contributed by atoms with Gasteiger partial charge in [-0.3, -0.25) is 10.1 Å². The molecular formula is C22H28N8O2S2. The number of ketones is 1. The molecule has 0 spiro atoms. The average Bonchev–Trinajstić information content (AvgIpc) is 3.56. The van der Waals surface area contributed by atoms with E-state index in [1.54, 1.807) is 16.9 Å². The zero-order valence-electron chi connectivity index (χ0n) is 19.4. The van der Waals surface area contributed by atoms with Crippen molar-refractivity contribution >= 4 is 45.7 Å². The van der Waals surface area contributed by atoms with Gasteiger partial charge in [-0.05, 0) is 68.2 Å². The van der Waals surface area contributed by atoms with E-state index in [1.807, 2.05) is 33.2 Å². The molecule has 1 saturated carbocycles. The first-order chi connectivity index (χ1) is 16.4. The number of carbonyl (C=O) groups is 2. The summed E-state index contributed by atoms with van der Waals surface area (Å²) in [6.45, 7) is 3.44. The van der Waals surface area contributed by atoms with Crippen molar-refractivity contribution in [3.05, 3.63) is 35.5 Å². The molecule has 0 saturated heterocycles. The largest absolute Gasteiger partial charge is 0.325 e.